The molecule has 0 heterocycles. The summed E-state index contributed by atoms with van der Waals surface area (Å²) in [5.74, 6) is -0.310. The lowest BCUT2D eigenvalue weighted by Crippen LogP contribution is -2.34. The number of carbonyl (C=O) groups is 1. The van der Waals surface area contributed by atoms with Gasteiger partial charge >= 0.3 is 0 Å². The second-order valence-corrected chi connectivity index (χ2v) is 6.28. The minimum absolute atomic E-state index is 0.0567. The Kier molecular flexibility index (Phi) is 5.98. The molecule has 0 spiro atoms. The first-order valence-corrected chi connectivity index (χ1v) is 7.92. The summed E-state index contributed by atoms with van der Waals surface area (Å²) in [7, 11) is -3.35. The Labute approximate surface area is 114 Å². The summed E-state index contributed by atoms with van der Waals surface area (Å²) in [4.78, 5) is 11.6. The molecule has 5 nitrogen and oxygen atoms in total. The molecule has 0 aliphatic heterocycles. The fourth-order valence-corrected chi connectivity index (χ4v) is 2.65. The lowest BCUT2D eigenvalue weighted by atomic mass is 10.2. The van der Waals surface area contributed by atoms with Crippen LogP contribution in [0.25, 0.3) is 0 Å². The van der Waals surface area contributed by atoms with E-state index in [1.807, 2.05) is 32.0 Å². The Hall–Kier alpha value is -1.40. The van der Waals surface area contributed by atoms with Crippen LogP contribution < -0.4 is 10.0 Å². The number of unbranched alkanes of at least 4 members (excludes halogenated alkanes) is 1. The molecule has 6 heteroatoms. The maximum Gasteiger partial charge on any atom is 0.239 e. The average molecular weight is 284 g/mol. The molecule has 106 valence electrons. The third kappa shape index (κ3) is 5.85. The van der Waals surface area contributed by atoms with Crippen molar-refractivity contribution in [3.8, 4) is 0 Å². The molecule has 0 saturated carbocycles. The van der Waals surface area contributed by atoms with Crippen LogP contribution in [-0.2, 0) is 14.8 Å². The maximum atomic E-state index is 11.6. The van der Waals surface area contributed by atoms with Crippen LogP contribution in [-0.4, -0.2) is 26.6 Å². The van der Waals surface area contributed by atoms with Crippen LogP contribution in [0.4, 0.5) is 5.69 Å². The van der Waals surface area contributed by atoms with Gasteiger partial charge in [-0.3, -0.25) is 4.79 Å². The fourth-order valence-electron chi connectivity index (χ4n) is 1.49. The van der Waals surface area contributed by atoms with Crippen molar-refractivity contribution in [3.63, 3.8) is 0 Å². The highest BCUT2D eigenvalue weighted by atomic mass is 32.2. The number of carbonyl (C=O) groups excluding carboxylic acids is 1. The third-order valence-corrected chi connectivity index (χ3v) is 4.05. The molecule has 0 aromatic heterocycles. The number of benzene rings is 1. The van der Waals surface area contributed by atoms with Crippen molar-refractivity contribution in [3.05, 3.63) is 29.8 Å². The highest BCUT2D eigenvalue weighted by Crippen LogP contribution is 2.12. The largest absolute Gasteiger partial charge is 0.325 e. The molecule has 1 aromatic rings. The Morgan fingerprint density at radius 1 is 1.26 bits per heavy atom. The van der Waals surface area contributed by atoms with Gasteiger partial charge in [0.1, 0.15) is 0 Å². The smallest absolute Gasteiger partial charge is 0.239 e. The molecule has 0 unspecified atom stereocenters. The van der Waals surface area contributed by atoms with Crippen molar-refractivity contribution in [1.29, 1.82) is 0 Å². The van der Waals surface area contributed by atoms with Gasteiger partial charge in [0.2, 0.25) is 15.9 Å². The van der Waals surface area contributed by atoms with Gasteiger partial charge in [-0.15, -0.1) is 0 Å². The predicted octanol–water partition coefficient (Wildman–Crippen LogP) is 1.65. The summed E-state index contributed by atoms with van der Waals surface area (Å²) in [6, 6.07) is 7.34. The number of hydrogen-bond acceptors (Lipinski definition) is 3. The minimum Gasteiger partial charge on any atom is -0.325 e. The molecule has 0 atom stereocenters. The molecule has 0 saturated heterocycles. The second kappa shape index (κ2) is 7.25. The molecular formula is C13H20N2O3S. The van der Waals surface area contributed by atoms with Crippen LogP contribution in [0, 0.1) is 6.92 Å². The molecular weight excluding hydrogens is 264 g/mol. The number of para-hydroxylation sites is 1. The van der Waals surface area contributed by atoms with Crippen LogP contribution in [0.1, 0.15) is 25.3 Å². The molecule has 0 fully saturated rings. The lowest BCUT2D eigenvalue weighted by molar-refractivity contribution is -0.115. The number of rotatable bonds is 7. The van der Waals surface area contributed by atoms with Gasteiger partial charge in [0, 0.05) is 5.69 Å². The Bertz CT molecular complexity index is 526. The van der Waals surface area contributed by atoms with Gasteiger partial charge in [-0.05, 0) is 25.0 Å². The number of anilines is 1. The molecule has 1 amide bonds. The van der Waals surface area contributed by atoms with Crippen LogP contribution in [0.15, 0.2) is 24.3 Å². The van der Waals surface area contributed by atoms with Crippen molar-refractivity contribution in [2.75, 3.05) is 17.6 Å². The van der Waals surface area contributed by atoms with Gasteiger partial charge in [-0.25, -0.2) is 13.1 Å². The van der Waals surface area contributed by atoms with Crippen LogP contribution in [0.5, 0.6) is 0 Å². The molecule has 2 N–H and O–H groups in total. The van der Waals surface area contributed by atoms with E-state index in [4.69, 9.17) is 0 Å². The highest BCUT2D eigenvalue weighted by molar-refractivity contribution is 7.89. The summed E-state index contributed by atoms with van der Waals surface area (Å²) in [5, 5.41) is 2.67. The fraction of sp³-hybridized carbons (Fsp3) is 0.462. The Morgan fingerprint density at radius 2 is 1.95 bits per heavy atom. The standard InChI is InChI=1S/C13H20N2O3S/c1-3-4-9-19(17,18)14-10-13(16)15-12-8-6-5-7-11(12)2/h5-8,14H,3-4,9-10H2,1-2H3,(H,15,16). The zero-order valence-corrected chi connectivity index (χ0v) is 12.1. The summed E-state index contributed by atoms with van der Waals surface area (Å²) < 4.78 is 25.3. The van der Waals surface area contributed by atoms with E-state index in [0.29, 0.717) is 12.1 Å². The van der Waals surface area contributed by atoms with Gasteiger partial charge < -0.3 is 5.32 Å². The summed E-state index contributed by atoms with van der Waals surface area (Å²) >= 11 is 0. The number of hydrogen-bond donors (Lipinski definition) is 2. The van der Waals surface area contributed by atoms with Gasteiger partial charge in [-0.1, -0.05) is 31.5 Å². The third-order valence-electron chi connectivity index (χ3n) is 2.64. The second-order valence-electron chi connectivity index (χ2n) is 4.36. The topological polar surface area (TPSA) is 75.3 Å². The van der Waals surface area contributed by atoms with Crippen LogP contribution in [0.3, 0.4) is 0 Å². The molecule has 0 aliphatic rings. The Balaban J connectivity index is 2.47. The maximum absolute atomic E-state index is 11.6. The van der Waals surface area contributed by atoms with Crippen LogP contribution >= 0.6 is 0 Å². The zero-order valence-electron chi connectivity index (χ0n) is 11.3. The molecule has 0 bridgehead atoms. The van der Waals surface area contributed by atoms with Crippen molar-refractivity contribution in [2.24, 2.45) is 0 Å². The van der Waals surface area contributed by atoms with E-state index < -0.39 is 10.0 Å². The van der Waals surface area contributed by atoms with Crippen molar-refractivity contribution in [2.45, 2.75) is 26.7 Å². The number of nitrogens with one attached hydrogen (secondary N) is 2. The zero-order chi connectivity index (χ0) is 14.3. The first kappa shape index (κ1) is 15.7. The van der Waals surface area contributed by atoms with E-state index in [-0.39, 0.29) is 18.2 Å². The molecule has 0 radical (unpaired) electrons. The summed E-state index contributed by atoms with van der Waals surface area (Å²) in [6.07, 6.45) is 1.39. The lowest BCUT2D eigenvalue weighted by Gasteiger charge is -2.09. The van der Waals surface area contributed by atoms with Crippen molar-refractivity contribution in [1.82, 2.24) is 4.72 Å². The van der Waals surface area contributed by atoms with E-state index in [1.54, 1.807) is 6.07 Å². The molecule has 19 heavy (non-hydrogen) atoms. The van der Waals surface area contributed by atoms with E-state index in [1.165, 1.54) is 0 Å². The van der Waals surface area contributed by atoms with E-state index in [0.717, 1.165) is 12.0 Å². The Morgan fingerprint density at radius 3 is 2.58 bits per heavy atom. The predicted molar refractivity (Wildman–Crippen MR) is 76.5 cm³/mol. The van der Waals surface area contributed by atoms with E-state index in [9.17, 15) is 13.2 Å². The number of aryl methyl sites for hydroxylation is 1. The molecule has 0 aliphatic carbocycles. The first-order valence-electron chi connectivity index (χ1n) is 6.27. The van der Waals surface area contributed by atoms with Crippen molar-refractivity contribution < 1.29 is 13.2 Å². The minimum atomic E-state index is -3.35. The highest BCUT2D eigenvalue weighted by Gasteiger charge is 2.12. The SMILES string of the molecule is CCCCS(=O)(=O)NCC(=O)Nc1ccccc1C. The summed E-state index contributed by atoms with van der Waals surface area (Å²) in [5.41, 5.74) is 1.63. The summed E-state index contributed by atoms with van der Waals surface area (Å²) in [6.45, 7) is 3.56. The first-order chi connectivity index (χ1) is 8.94. The monoisotopic (exact) mass is 284 g/mol. The van der Waals surface area contributed by atoms with Gasteiger partial charge in [0.05, 0.1) is 12.3 Å². The average Bonchev–Trinajstić information content (AvgIpc) is 2.37. The number of sulfonamides is 1. The van der Waals surface area contributed by atoms with Gasteiger partial charge in [-0.2, -0.15) is 0 Å². The van der Waals surface area contributed by atoms with E-state index in [2.05, 4.69) is 10.0 Å². The van der Waals surface area contributed by atoms with Crippen molar-refractivity contribution >= 4 is 21.6 Å². The molecule has 1 aromatic carbocycles. The molecule has 1 rings (SSSR count). The van der Waals surface area contributed by atoms with E-state index >= 15 is 0 Å². The van der Waals surface area contributed by atoms with Gasteiger partial charge in [0.25, 0.3) is 0 Å². The van der Waals surface area contributed by atoms with Crippen LogP contribution in [0.2, 0.25) is 0 Å². The normalized spacial score (nSPS) is 11.3. The number of amides is 1. The quantitative estimate of drug-likeness (QED) is 0.799. The van der Waals surface area contributed by atoms with Gasteiger partial charge in [0.15, 0.2) is 0 Å².